The van der Waals surface area contributed by atoms with Gasteiger partial charge >= 0.3 is 0 Å². The first-order valence-corrected chi connectivity index (χ1v) is 9.45. The summed E-state index contributed by atoms with van der Waals surface area (Å²) in [7, 11) is 5.86. The summed E-state index contributed by atoms with van der Waals surface area (Å²) in [5, 5.41) is 3.39. The van der Waals surface area contributed by atoms with Crippen molar-refractivity contribution in [1.29, 1.82) is 0 Å². The Morgan fingerprint density at radius 3 is 2.64 bits per heavy atom. The number of pyridine rings is 1. The van der Waals surface area contributed by atoms with Crippen LogP contribution >= 0.6 is 39.9 Å². The Morgan fingerprint density at radius 1 is 1.32 bits per heavy atom. The fourth-order valence-electron chi connectivity index (χ4n) is 2.89. The summed E-state index contributed by atoms with van der Waals surface area (Å²) >= 11 is 3.51. The van der Waals surface area contributed by atoms with Crippen LogP contribution in [0.3, 0.4) is 0 Å². The largest absolute Gasteiger partial charge is 0.352 e. The van der Waals surface area contributed by atoms with E-state index < -0.39 is 0 Å². The van der Waals surface area contributed by atoms with Crippen LogP contribution in [0, 0.1) is 6.92 Å². The first kappa shape index (κ1) is 22.4. The highest BCUT2D eigenvalue weighted by Gasteiger charge is 2.10. The van der Waals surface area contributed by atoms with Crippen molar-refractivity contribution >= 4 is 45.9 Å². The number of hydrogen-bond donors (Lipinski definition) is 1. The molecule has 150 valence electrons. The maximum absolute atomic E-state index is 4.53. The Morgan fingerprint density at radius 2 is 2.11 bits per heavy atom. The summed E-state index contributed by atoms with van der Waals surface area (Å²) < 4.78 is 5.15. The predicted molar refractivity (Wildman–Crippen MR) is 126 cm³/mol. The summed E-state index contributed by atoms with van der Waals surface area (Å²) in [4.78, 5) is 15.2. The topological polar surface area (TPSA) is 63.3 Å². The number of nitrogens with one attached hydrogen (secondary N) is 1. The van der Waals surface area contributed by atoms with E-state index in [0.717, 1.165) is 34.2 Å². The minimum atomic E-state index is 0. The van der Waals surface area contributed by atoms with E-state index in [1.807, 2.05) is 44.0 Å². The van der Waals surface area contributed by atoms with E-state index in [9.17, 15) is 0 Å². The zero-order valence-corrected chi connectivity index (χ0v) is 20.3. The van der Waals surface area contributed by atoms with Crippen molar-refractivity contribution < 1.29 is 0 Å². The molecule has 3 rings (SSSR count). The van der Waals surface area contributed by atoms with Gasteiger partial charge in [-0.1, -0.05) is 6.07 Å². The smallest absolute Gasteiger partial charge is 0.194 e. The van der Waals surface area contributed by atoms with Gasteiger partial charge in [-0.3, -0.25) is 9.56 Å². The number of guanidine groups is 1. The third kappa shape index (κ3) is 5.34. The number of hydrogen-bond acceptors (Lipinski definition) is 3. The molecule has 9 heteroatoms. The number of aromatic nitrogens is 4. The van der Waals surface area contributed by atoms with E-state index in [1.54, 1.807) is 13.2 Å². The van der Waals surface area contributed by atoms with Crippen LogP contribution in [0.25, 0.3) is 5.82 Å². The van der Waals surface area contributed by atoms with Gasteiger partial charge in [0.1, 0.15) is 11.6 Å². The highest BCUT2D eigenvalue weighted by molar-refractivity contribution is 14.0. The normalized spacial score (nSPS) is 11.2. The molecule has 0 aromatic carbocycles. The molecule has 0 fully saturated rings. The van der Waals surface area contributed by atoms with Crippen molar-refractivity contribution in [3.8, 4) is 5.82 Å². The van der Waals surface area contributed by atoms with Crippen LogP contribution in [0.15, 0.2) is 52.5 Å². The Labute approximate surface area is 191 Å². The molecule has 0 radical (unpaired) electrons. The molecule has 3 aromatic rings. The lowest BCUT2D eigenvalue weighted by Crippen LogP contribution is -2.38. The van der Waals surface area contributed by atoms with Crippen molar-refractivity contribution in [2.75, 3.05) is 14.1 Å². The molecule has 0 saturated carbocycles. The van der Waals surface area contributed by atoms with Crippen molar-refractivity contribution in [3.63, 3.8) is 0 Å². The van der Waals surface area contributed by atoms with Crippen LogP contribution in [0.1, 0.15) is 17.1 Å². The summed E-state index contributed by atoms with van der Waals surface area (Å²) in [6.45, 7) is 3.38. The fraction of sp³-hybridized carbons (Fsp3) is 0.316. The number of aliphatic imine (C=N–C) groups is 1. The van der Waals surface area contributed by atoms with Gasteiger partial charge in [0.15, 0.2) is 5.96 Å². The quantitative estimate of drug-likeness (QED) is 0.296. The Hall–Kier alpha value is -1.88. The second-order valence-electron chi connectivity index (χ2n) is 6.39. The summed E-state index contributed by atoms with van der Waals surface area (Å²) in [6.07, 6.45) is 7.61. The second-order valence-corrected chi connectivity index (χ2v) is 7.30. The molecule has 0 unspecified atom stereocenters. The van der Waals surface area contributed by atoms with Crippen LogP contribution in [0.4, 0.5) is 0 Å². The molecular formula is C19H25BrIN7. The van der Waals surface area contributed by atoms with Gasteiger partial charge in [0.25, 0.3) is 0 Å². The average molecular weight is 558 g/mol. The van der Waals surface area contributed by atoms with Gasteiger partial charge in [0, 0.05) is 62.6 Å². The van der Waals surface area contributed by atoms with E-state index in [1.165, 1.54) is 5.69 Å². The second kappa shape index (κ2) is 10.1. The molecule has 3 heterocycles. The van der Waals surface area contributed by atoms with Gasteiger partial charge in [-0.05, 0) is 40.5 Å². The first-order valence-electron chi connectivity index (χ1n) is 8.65. The fourth-order valence-corrected chi connectivity index (χ4v) is 3.46. The zero-order chi connectivity index (χ0) is 19.4. The Kier molecular flexibility index (Phi) is 8.05. The van der Waals surface area contributed by atoms with E-state index in [0.29, 0.717) is 6.54 Å². The minimum Gasteiger partial charge on any atom is -0.352 e. The SMILES string of the molecule is CN=C(NCc1ccc(-n2ccnc2C)nc1)N(C)Cc1cc(Br)cn1C.I. The summed E-state index contributed by atoms with van der Waals surface area (Å²) in [6, 6.07) is 6.18. The van der Waals surface area contributed by atoms with Gasteiger partial charge in [-0.15, -0.1) is 24.0 Å². The molecule has 28 heavy (non-hydrogen) atoms. The third-order valence-electron chi connectivity index (χ3n) is 4.38. The standard InChI is InChI=1S/C19H24BrN7.HI/c1-14-22-7-8-27(14)18-6-5-15(10-23-18)11-24-19(21-2)26(4)13-17-9-16(20)12-25(17)3;/h5-10,12H,11,13H2,1-4H3,(H,21,24);1H. The molecule has 0 aliphatic rings. The molecule has 0 saturated heterocycles. The summed E-state index contributed by atoms with van der Waals surface area (Å²) in [5.41, 5.74) is 2.29. The van der Waals surface area contributed by atoms with Crippen LogP contribution in [-0.4, -0.2) is 44.1 Å². The monoisotopic (exact) mass is 557 g/mol. The Bertz CT molecular complexity index is 930. The molecule has 0 aliphatic heterocycles. The Balaban J connectivity index is 0.00000280. The van der Waals surface area contributed by atoms with Gasteiger partial charge < -0.3 is 14.8 Å². The minimum absolute atomic E-state index is 0. The lowest BCUT2D eigenvalue weighted by molar-refractivity contribution is 0.461. The van der Waals surface area contributed by atoms with Crippen LogP contribution in [0.2, 0.25) is 0 Å². The number of aryl methyl sites for hydroxylation is 2. The first-order chi connectivity index (χ1) is 13.0. The molecule has 0 aliphatic carbocycles. The van der Waals surface area contributed by atoms with Crippen molar-refractivity contribution in [2.45, 2.75) is 20.0 Å². The van der Waals surface area contributed by atoms with Crippen molar-refractivity contribution in [3.05, 3.63) is 64.5 Å². The molecule has 3 aromatic heterocycles. The molecule has 1 N–H and O–H groups in total. The van der Waals surface area contributed by atoms with Crippen molar-refractivity contribution in [2.24, 2.45) is 12.0 Å². The lowest BCUT2D eigenvalue weighted by Gasteiger charge is -2.22. The maximum Gasteiger partial charge on any atom is 0.194 e. The van der Waals surface area contributed by atoms with E-state index in [2.05, 4.69) is 64.0 Å². The zero-order valence-electron chi connectivity index (χ0n) is 16.4. The molecule has 0 spiro atoms. The van der Waals surface area contributed by atoms with Crippen LogP contribution in [-0.2, 0) is 20.1 Å². The van der Waals surface area contributed by atoms with Crippen molar-refractivity contribution in [1.82, 2.24) is 29.3 Å². The average Bonchev–Trinajstić information content (AvgIpc) is 3.21. The lowest BCUT2D eigenvalue weighted by atomic mass is 10.3. The van der Waals surface area contributed by atoms with Gasteiger partial charge in [0.2, 0.25) is 0 Å². The predicted octanol–water partition coefficient (Wildman–Crippen LogP) is 3.50. The number of rotatable bonds is 5. The molecule has 0 bridgehead atoms. The molecule has 7 nitrogen and oxygen atoms in total. The van der Waals surface area contributed by atoms with Crippen LogP contribution in [0.5, 0.6) is 0 Å². The van der Waals surface area contributed by atoms with Gasteiger partial charge in [-0.25, -0.2) is 9.97 Å². The van der Waals surface area contributed by atoms with E-state index >= 15 is 0 Å². The summed E-state index contributed by atoms with van der Waals surface area (Å²) in [5.74, 6) is 2.62. The third-order valence-corrected chi connectivity index (χ3v) is 4.81. The number of nitrogens with zero attached hydrogens (tertiary/aromatic N) is 6. The van der Waals surface area contributed by atoms with Gasteiger partial charge in [0.05, 0.1) is 6.54 Å². The van der Waals surface area contributed by atoms with E-state index in [4.69, 9.17) is 0 Å². The highest BCUT2D eigenvalue weighted by Crippen LogP contribution is 2.15. The van der Waals surface area contributed by atoms with Crippen LogP contribution < -0.4 is 5.32 Å². The molecule has 0 amide bonds. The molecular weight excluding hydrogens is 533 g/mol. The van der Waals surface area contributed by atoms with E-state index in [-0.39, 0.29) is 24.0 Å². The maximum atomic E-state index is 4.53. The number of halogens is 2. The highest BCUT2D eigenvalue weighted by atomic mass is 127. The number of imidazole rings is 1. The van der Waals surface area contributed by atoms with Gasteiger partial charge in [-0.2, -0.15) is 0 Å². The molecule has 0 atom stereocenters.